The summed E-state index contributed by atoms with van der Waals surface area (Å²) in [6, 6.07) is 11.6. The smallest absolute Gasteiger partial charge is 0.230 e. The summed E-state index contributed by atoms with van der Waals surface area (Å²) in [5.74, 6) is 0.379. The van der Waals surface area contributed by atoms with Crippen molar-refractivity contribution in [2.45, 2.75) is 17.2 Å². The minimum absolute atomic E-state index is 0.344. The highest BCUT2D eigenvalue weighted by Gasteiger charge is 2.16. The van der Waals surface area contributed by atoms with Crippen LogP contribution in [0.1, 0.15) is 6.92 Å². The van der Waals surface area contributed by atoms with Gasteiger partial charge < -0.3 is 10.7 Å². The molecule has 1 amide bonds. The first-order valence-electron chi connectivity index (χ1n) is 6.51. The number of rotatable bonds is 4. The Hall–Kier alpha value is -2.34. The number of nitrogens with zero attached hydrogens (tertiary/aromatic N) is 2. The maximum absolute atomic E-state index is 11.2. The van der Waals surface area contributed by atoms with E-state index in [0.717, 1.165) is 27.4 Å². The summed E-state index contributed by atoms with van der Waals surface area (Å²) >= 11 is 1.34. The highest BCUT2D eigenvalue weighted by Crippen LogP contribution is 2.31. The molecular weight excluding hydrogens is 284 g/mol. The van der Waals surface area contributed by atoms with Crippen molar-refractivity contribution in [3.05, 3.63) is 42.6 Å². The van der Waals surface area contributed by atoms with Gasteiger partial charge in [-0.3, -0.25) is 4.79 Å². The van der Waals surface area contributed by atoms with Crippen LogP contribution < -0.4 is 5.73 Å². The van der Waals surface area contributed by atoms with Crippen LogP contribution in [-0.2, 0) is 4.79 Å². The number of H-pyrrole nitrogens is 1. The number of nitrogens with one attached hydrogen (secondary N) is 1. The number of aromatic amines is 1. The summed E-state index contributed by atoms with van der Waals surface area (Å²) in [5, 5.41) is 0.394. The fraction of sp³-hybridized carbons (Fsp3) is 0.133. The number of hydrogen-bond donors (Lipinski definition) is 2. The largest absolute Gasteiger partial charge is 0.369 e. The zero-order valence-corrected chi connectivity index (χ0v) is 12.2. The van der Waals surface area contributed by atoms with Crippen LogP contribution in [0.2, 0.25) is 0 Å². The van der Waals surface area contributed by atoms with Crippen molar-refractivity contribution in [3.8, 4) is 11.4 Å². The number of amides is 1. The van der Waals surface area contributed by atoms with Gasteiger partial charge in [-0.05, 0) is 31.2 Å². The van der Waals surface area contributed by atoms with Crippen molar-refractivity contribution in [2.75, 3.05) is 0 Å². The van der Waals surface area contributed by atoms with E-state index >= 15 is 0 Å². The Morgan fingerprint density at radius 1 is 1.29 bits per heavy atom. The molecule has 0 saturated heterocycles. The van der Waals surface area contributed by atoms with E-state index < -0.39 is 0 Å². The highest BCUT2D eigenvalue weighted by molar-refractivity contribution is 8.00. The van der Waals surface area contributed by atoms with Crippen LogP contribution in [0, 0.1) is 0 Å². The van der Waals surface area contributed by atoms with Gasteiger partial charge in [0.1, 0.15) is 10.9 Å². The van der Waals surface area contributed by atoms with E-state index in [4.69, 9.17) is 5.73 Å². The van der Waals surface area contributed by atoms with E-state index in [1.54, 1.807) is 13.1 Å². The van der Waals surface area contributed by atoms with E-state index in [-0.39, 0.29) is 11.2 Å². The molecule has 0 saturated carbocycles. The normalized spacial score (nSPS) is 12.4. The third kappa shape index (κ3) is 2.75. The van der Waals surface area contributed by atoms with Crippen LogP contribution in [0.5, 0.6) is 0 Å². The molecule has 0 aliphatic carbocycles. The Morgan fingerprint density at radius 3 is 2.86 bits per heavy atom. The summed E-state index contributed by atoms with van der Waals surface area (Å²) in [7, 11) is 0. The van der Waals surface area contributed by atoms with Gasteiger partial charge in [0.05, 0.1) is 16.3 Å². The van der Waals surface area contributed by atoms with E-state index in [9.17, 15) is 4.79 Å². The lowest BCUT2D eigenvalue weighted by Crippen LogP contribution is -2.22. The lowest BCUT2D eigenvalue weighted by molar-refractivity contribution is -0.117. The molecule has 0 unspecified atom stereocenters. The van der Waals surface area contributed by atoms with Gasteiger partial charge in [-0.25, -0.2) is 9.97 Å². The van der Waals surface area contributed by atoms with Gasteiger partial charge in [0, 0.05) is 11.8 Å². The summed E-state index contributed by atoms with van der Waals surface area (Å²) in [4.78, 5) is 23.4. The Kier molecular flexibility index (Phi) is 3.62. The Balaban J connectivity index is 2.03. The summed E-state index contributed by atoms with van der Waals surface area (Å²) in [6.07, 6.45) is 1.70. The predicted molar refractivity (Wildman–Crippen MR) is 83.8 cm³/mol. The molecule has 5 nitrogen and oxygen atoms in total. The number of para-hydroxylation sites is 2. The number of hydrogen-bond acceptors (Lipinski definition) is 4. The van der Waals surface area contributed by atoms with Crippen molar-refractivity contribution in [1.29, 1.82) is 0 Å². The number of benzene rings is 1. The second-order valence-corrected chi connectivity index (χ2v) is 5.95. The number of fused-ring (bicyclic) bond motifs is 1. The highest BCUT2D eigenvalue weighted by atomic mass is 32.2. The maximum atomic E-state index is 11.2. The van der Waals surface area contributed by atoms with Gasteiger partial charge in [0.2, 0.25) is 5.91 Å². The molecule has 0 radical (unpaired) electrons. The van der Waals surface area contributed by atoms with Gasteiger partial charge in [-0.15, -0.1) is 0 Å². The molecule has 0 fully saturated rings. The minimum Gasteiger partial charge on any atom is -0.369 e. The molecule has 2 aromatic heterocycles. The Bertz CT molecular complexity index is 766. The molecule has 0 aliphatic rings. The number of aromatic nitrogens is 3. The van der Waals surface area contributed by atoms with Crippen LogP contribution in [0.4, 0.5) is 0 Å². The molecule has 0 aliphatic heterocycles. The predicted octanol–water partition coefficient (Wildman–Crippen LogP) is 2.59. The van der Waals surface area contributed by atoms with Gasteiger partial charge in [-0.1, -0.05) is 23.9 Å². The van der Waals surface area contributed by atoms with Crippen molar-refractivity contribution in [3.63, 3.8) is 0 Å². The number of nitrogens with two attached hydrogens (primary N) is 1. The van der Waals surface area contributed by atoms with E-state index in [2.05, 4.69) is 15.0 Å². The Labute approximate surface area is 126 Å². The number of pyridine rings is 1. The first-order chi connectivity index (χ1) is 10.1. The average Bonchev–Trinajstić information content (AvgIpc) is 2.91. The zero-order valence-electron chi connectivity index (χ0n) is 11.4. The number of carbonyl (C=O) groups excluding carboxylic acids is 1. The van der Waals surface area contributed by atoms with Crippen molar-refractivity contribution in [1.82, 2.24) is 15.0 Å². The van der Waals surface area contributed by atoms with Crippen LogP contribution in [-0.4, -0.2) is 26.1 Å². The SMILES string of the molecule is C[C@@H](Sc1ncccc1-c1nc2ccccc2[nH]1)C(N)=O. The topological polar surface area (TPSA) is 84.7 Å². The first kappa shape index (κ1) is 13.6. The van der Waals surface area contributed by atoms with Gasteiger partial charge in [0.15, 0.2) is 0 Å². The molecule has 6 heteroatoms. The standard InChI is InChI=1S/C15H14N4OS/c1-9(13(16)20)21-15-10(5-4-8-17-15)14-18-11-6-2-3-7-12(11)19-14/h2-9H,1H3,(H2,16,20)(H,18,19)/t9-/m1/s1. The number of carbonyl (C=O) groups is 1. The molecule has 3 rings (SSSR count). The van der Waals surface area contributed by atoms with Crippen LogP contribution >= 0.6 is 11.8 Å². The molecule has 1 atom stereocenters. The number of primary amides is 1. The average molecular weight is 298 g/mol. The molecule has 3 aromatic rings. The van der Waals surface area contributed by atoms with E-state index in [1.165, 1.54) is 11.8 Å². The summed E-state index contributed by atoms with van der Waals surface area (Å²) in [6.45, 7) is 1.77. The second-order valence-electron chi connectivity index (χ2n) is 4.62. The fourth-order valence-corrected chi connectivity index (χ4v) is 2.84. The van der Waals surface area contributed by atoms with E-state index in [1.807, 2.05) is 36.4 Å². The van der Waals surface area contributed by atoms with Crippen LogP contribution in [0.25, 0.3) is 22.4 Å². The molecule has 0 spiro atoms. The number of imidazole rings is 1. The molecule has 1 aromatic carbocycles. The third-order valence-corrected chi connectivity index (χ3v) is 4.24. The van der Waals surface area contributed by atoms with Crippen molar-refractivity contribution in [2.24, 2.45) is 5.73 Å². The Morgan fingerprint density at radius 2 is 2.10 bits per heavy atom. The molecule has 0 bridgehead atoms. The molecule has 3 N–H and O–H groups in total. The molecule has 2 heterocycles. The lowest BCUT2D eigenvalue weighted by atomic mass is 10.3. The minimum atomic E-state index is -0.360. The van der Waals surface area contributed by atoms with Gasteiger partial charge in [0.25, 0.3) is 0 Å². The molecular formula is C15H14N4OS. The third-order valence-electron chi connectivity index (χ3n) is 3.10. The van der Waals surface area contributed by atoms with Crippen molar-refractivity contribution >= 4 is 28.7 Å². The van der Waals surface area contributed by atoms with Crippen molar-refractivity contribution < 1.29 is 4.79 Å². The first-order valence-corrected chi connectivity index (χ1v) is 7.39. The van der Waals surface area contributed by atoms with Crippen LogP contribution in [0.15, 0.2) is 47.6 Å². The quantitative estimate of drug-likeness (QED) is 0.725. The number of thioether (sulfide) groups is 1. The monoisotopic (exact) mass is 298 g/mol. The maximum Gasteiger partial charge on any atom is 0.230 e. The lowest BCUT2D eigenvalue weighted by Gasteiger charge is -2.09. The second kappa shape index (κ2) is 5.57. The summed E-state index contributed by atoms with van der Waals surface area (Å²) in [5.41, 5.74) is 8.06. The van der Waals surface area contributed by atoms with Gasteiger partial charge in [-0.2, -0.15) is 0 Å². The summed E-state index contributed by atoms with van der Waals surface area (Å²) < 4.78 is 0. The van der Waals surface area contributed by atoms with E-state index in [0.29, 0.717) is 0 Å². The fourth-order valence-electron chi connectivity index (χ4n) is 1.97. The zero-order chi connectivity index (χ0) is 14.8. The van der Waals surface area contributed by atoms with Crippen LogP contribution in [0.3, 0.4) is 0 Å². The van der Waals surface area contributed by atoms with Gasteiger partial charge >= 0.3 is 0 Å². The molecule has 106 valence electrons. The molecule has 21 heavy (non-hydrogen) atoms.